The minimum atomic E-state index is -0.219. The van der Waals surface area contributed by atoms with Crippen LogP contribution in [-0.2, 0) is 0 Å². The van der Waals surface area contributed by atoms with Crippen LogP contribution in [0.1, 0.15) is 58.8 Å². The SMILES string of the molecule is CC(C)(C#N)CNC1CCC2CCCCC2C1. The van der Waals surface area contributed by atoms with Crippen molar-refractivity contribution in [2.75, 3.05) is 6.54 Å². The van der Waals surface area contributed by atoms with E-state index in [1.54, 1.807) is 0 Å². The summed E-state index contributed by atoms with van der Waals surface area (Å²) in [7, 11) is 0. The molecule has 0 heterocycles. The molecule has 3 atom stereocenters. The molecule has 2 aliphatic rings. The van der Waals surface area contributed by atoms with Gasteiger partial charge in [-0.2, -0.15) is 5.26 Å². The molecule has 0 saturated heterocycles. The Morgan fingerprint density at radius 2 is 1.82 bits per heavy atom. The summed E-state index contributed by atoms with van der Waals surface area (Å²) < 4.78 is 0. The quantitative estimate of drug-likeness (QED) is 0.811. The molecule has 0 radical (unpaired) electrons. The topological polar surface area (TPSA) is 35.8 Å². The molecule has 0 amide bonds. The largest absolute Gasteiger partial charge is 0.312 e. The van der Waals surface area contributed by atoms with Gasteiger partial charge in [-0.15, -0.1) is 0 Å². The summed E-state index contributed by atoms with van der Waals surface area (Å²) in [6.45, 7) is 4.88. The van der Waals surface area contributed by atoms with E-state index >= 15 is 0 Å². The molecule has 2 nitrogen and oxygen atoms in total. The Morgan fingerprint density at radius 1 is 1.12 bits per heavy atom. The highest BCUT2D eigenvalue weighted by Crippen LogP contribution is 2.40. The van der Waals surface area contributed by atoms with Crippen LogP contribution in [0.15, 0.2) is 0 Å². The Morgan fingerprint density at radius 3 is 2.53 bits per heavy atom. The second-order valence-corrected chi connectivity index (χ2v) is 6.69. The van der Waals surface area contributed by atoms with Crippen LogP contribution in [0.4, 0.5) is 0 Å². The fourth-order valence-corrected chi connectivity index (χ4v) is 3.50. The summed E-state index contributed by atoms with van der Waals surface area (Å²) in [5, 5.41) is 12.6. The average Bonchev–Trinajstić information content (AvgIpc) is 2.36. The van der Waals surface area contributed by atoms with Crippen molar-refractivity contribution in [3.63, 3.8) is 0 Å². The predicted octanol–water partition coefficient (Wildman–Crippen LogP) is 3.48. The standard InChI is InChI=1S/C15H26N2/c1-15(2,10-16)11-17-14-8-7-12-5-3-4-6-13(12)9-14/h12-14,17H,3-9,11H2,1-2H3. The van der Waals surface area contributed by atoms with E-state index in [0.29, 0.717) is 6.04 Å². The van der Waals surface area contributed by atoms with Crippen LogP contribution in [0, 0.1) is 28.6 Å². The molecule has 0 aromatic heterocycles. The molecule has 3 unspecified atom stereocenters. The average molecular weight is 234 g/mol. The van der Waals surface area contributed by atoms with Crippen LogP contribution < -0.4 is 5.32 Å². The fraction of sp³-hybridized carbons (Fsp3) is 0.933. The first-order valence-electron chi connectivity index (χ1n) is 7.25. The Balaban J connectivity index is 1.78. The highest BCUT2D eigenvalue weighted by Gasteiger charge is 2.32. The number of rotatable bonds is 3. The third kappa shape index (κ3) is 3.45. The van der Waals surface area contributed by atoms with E-state index < -0.39 is 0 Å². The second kappa shape index (κ2) is 5.40. The molecular weight excluding hydrogens is 208 g/mol. The van der Waals surface area contributed by atoms with Gasteiger partial charge < -0.3 is 5.32 Å². The molecular formula is C15H26N2. The van der Waals surface area contributed by atoms with Gasteiger partial charge in [-0.25, -0.2) is 0 Å². The van der Waals surface area contributed by atoms with Crippen LogP contribution in [-0.4, -0.2) is 12.6 Å². The molecule has 2 saturated carbocycles. The van der Waals surface area contributed by atoms with Gasteiger partial charge >= 0.3 is 0 Å². The summed E-state index contributed by atoms with van der Waals surface area (Å²) in [5.41, 5.74) is -0.219. The number of nitrogens with one attached hydrogen (secondary N) is 1. The lowest BCUT2D eigenvalue weighted by Gasteiger charge is -2.40. The van der Waals surface area contributed by atoms with Gasteiger partial charge in [-0.1, -0.05) is 25.7 Å². The van der Waals surface area contributed by atoms with Crippen molar-refractivity contribution in [1.29, 1.82) is 5.26 Å². The summed E-state index contributed by atoms with van der Waals surface area (Å²) in [4.78, 5) is 0. The van der Waals surface area contributed by atoms with E-state index in [9.17, 15) is 0 Å². The number of nitrogens with zero attached hydrogens (tertiary/aromatic N) is 1. The smallest absolute Gasteiger partial charge is 0.0697 e. The molecule has 0 aromatic carbocycles. The van der Waals surface area contributed by atoms with E-state index in [4.69, 9.17) is 5.26 Å². The van der Waals surface area contributed by atoms with Crippen molar-refractivity contribution in [2.24, 2.45) is 17.3 Å². The van der Waals surface area contributed by atoms with Gasteiger partial charge in [0.1, 0.15) is 0 Å². The first-order valence-corrected chi connectivity index (χ1v) is 7.25. The first kappa shape index (κ1) is 12.9. The van der Waals surface area contributed by atoms with Gasteiger partial charge in [0.25, 0.3) is 0 Å². The normalized spacial score (nSPS) is 33.8. The Labute approximate surface area is 106 Å². The van der Waals surface area contributed by atoms with Crippen molar-refractivity contribution in [3.05, 3.63) is 0 Å². The number of hydrogen-bond donors (Lipinski definition) is 1. The number of nitriles is 1. The van der Waals surface area contributed by atoms with Gasteiger partial charge in [-0.3, -0.25) is 0 Å². The summed E-state index contributed by atoms with van der Waals surface area (Å²) >= 11 is 0. The first-order chi connectivity index (χ1) is 8.11. The van der Waals surface area contributed by atoms with Crippen molar-refractivity contribution >= 4 is 0 Å². The van der Waals surface area contributed by atoms with Crippen molar-refractivity contribution in [2.45, 2.75) is 64.8 Å². The monoisotopic (exact) mass is 234 g/mol. The maximum absolute atomic E-state index is 9.02. The molecule has 0 aliphatic heterocycles. The van der Waals surface area contributed by atoms with E-state index in [0.717, 1.165) is 18.4 Å². The molecule has 0 bridgehead atoms. The third-order valence-corrected chi connectivity index (χ3v) is 4.68. The predicted molar refractivity (Wildman–Crippen MR) is 70.5 cm³/mol. The van der Waals surface area contributed by atoms with Gasteiger partial charge in [0.2, 0.25) is 0 Å². The van der Waals surface area contributed by atoms with Crippen LogP contribution in [0.2, 0.25) is 0 Å². The van der Waals surface area contributed by atoms with Crippen LogP contribution >= 0.6 is 0 Å². The van der Waals surface area contributed by atoms with Crippen molar-refractivity contribution in [3.8, 4) is 6.07 Å². The van der Waals surface area contributed by atoms with Gasteiger partial charge in [0, 0.05) is 12.6 Å². The maximum atomic E-state index is 9.02. The molecule has 0 aromatic rings. The van der Waals surface area contributed by atoms with Crippen LogP contribution in [0.5, 0.6) is 0 Å². The summed E-state index contributed by atoms with van der Waals surface area (Å²) in [6, 6.07) is 3.04. The molecule has 96 valence electrons. The fourth-order valence-electron chi connectivity index (χ4n) is 3.50. The summed E-state index contributed by atoms with van der Waals surface area (Å²) in [5.74, 6) is 1.99. The number of hydrogen-bond acceptors (Lipinski definition) is 2. The van der Waals surface area contributed by atoms with E-state index in [2.05, 4.69) is 11.4 Å². The minimum absolute atomic E-state index is 0.219. The Hall–Kier alpha value is -0.550. The van der Waals surface area contributed by atoms with Crippen molar-refractivity contribution < 1.29 is 0 Å². The Kier molecular flexibility index (Phi) is 4.09. The molecule has 17 heavy (non-hydrogen) atoms. The molecule has 1 N–H and O–H groups in total. The second-order valence-electron chi connectivity index (χ2n) is 6.69. The zero-order valence-electron chi connectivity index (χ0n) is 11.3. The van der Waals surface area contributed by atoms with Gasteiger partial charge in [-0.05, 0) is 44.9 Å². The molecule has 2 fully saturated rings. The lowest BCUT2D eigenvalue weighted by molar-refractivity contribution is 0.140. The molecule has 2 heteroatoms. The Bertz CT molecular complexity index is 290. The van der Waals surface area contributed by atoms with E-state index in [1.807, 2.05) is 13.8 Å². The molecule has 2 rings (SSSR count). The van der Waals surface area contributed by atoms with E-state index in [-0.39, 0.29) is 5.41 Å². The highest BCUT2D eigenvalue weighted by molar-refractivity contribution is 4.95. The minimum Gasteiger partial charge on any atom is -0.312 e. The molecule has 0 spiro atoms. The maximum Gasteiger partial charge on any atom is 0.0697 e. The van der Waals surface area contributed by atoms with Crippen molar-refractivity contribution in [1.82, 2.24) is 5.32 Å². The van der Waals surface area contributed by atoms with Crippen LogP contribution in [0.3, 0.4) is 0 Å². The van der Waals surface area contributed by atoms with Gasteiger partial charge in [0.05, 0.1) is 11.5 Å². The third-order valence-electron chi connectivity index (χ3n) is 4.68. The lowest BCUT2D eigenvalue weighted by Crippen LogP contribution is -2.42. The zero-order chi connectivity index (χ0) is 12.3. The van der Waals surface area contributed by atoms with Gasteiger partial charge in [0.15, 0.2) is 0 Å². The van der Waals surface area contributed by atoms with Crippen LogP contribution in [0.25, 0.3) is 0 Å². The lowest BCUT2D eigenvalue weighted by atomic mass is 9.69. The summed E-state index contributed by atoms with van der Waals surface area (Å²) in [6.07, 6.45) is 9.91. The molecule has 2 aliphatic carbocycles. The highest BCUT2D eigenvalue weighted by atomic mass is 14.9. The van der Waals surface area contributed by atoms with E-state index in [1.165, 1.54) is 44.9 Å². The zero-order valence-corrected chi connectivity index (χ0v) is 11.3. The number of fused-ring (bicyclic) bond motifs is 1.